The molecular formula is C15H24N2OS. The average Bonchev–Trinajstić information content (AvgIpc) is 3.19. The maximum absolute atomic E-state index is 9.47. The number of piperidine rings is 1. The van der Waals surface area contributed by atoms with E-state index in [-0.39, 0.29) is 6.61 Å². The number of nitrogens with zero attached hydrogens (tertiary/aromatic N) is 2. The lowest BCUT2D eigenvalue weighted by Gasteiger charge is -2.31. The van der Waals surface area contributed by atoms with E-state index < -0.39 is 0 Å². The number of aliphatic hydroxyl groups excluding tert-OH is 1. The SMILES string of the molecule is CCCC1CCN(c2nc(C3CC3)c(CO)s2)CC1. The first kappa shape index (κ1) is 13.4. The highest BCUT2D eigenvalue weighted by Gasteiger charge is 2.31. The van der Waals surface area contributed by atoms with Crippen LogP contribution in [0.25, 0.3) is 0 Å². The Hall–Kier alpha value is -0.610. The van der Waals surface area contributed by atoms with Gasteiger partial charge in [0.05, 0.1) is 17.2 Å². The van der Waals surface area contributed by atoms with Crippen LogP contribution in [0.1, 0.15) is 61.9 Å². The van der Waals surface area contributed by atoms with Gasteiger partial charge in [-0.05, 0) is 31.6 Å². The first-order valence-corrected chi connectivity index (χ1v) is 8.48. The van der Waals surface area contributed by atoms with Crippen LogP contribution in [0.3, 0.4) is 0 Å². The Bertz CT molecular complexity index is 420. The Morgan fingerprint density at radius 1 is 1.26 bits per heavy atom. The highest BCUT2D eigenvalue weighted by atomic mass is 32.1. The largest absolute Gasteiger partial charge is 0.391 e. The van der Waals surface area contributed by atoms with E-state index >= 15 is 0 Å². The smallest absolute Gasteiger partial charge is 0.185 e. The Morgan fingerprint density at radius 3 is 2.58 bits per heavy atom. The van der Waals surface area contributed by atoms with Crippen LogP contribution >= 0.6 is 11.3 Å². The van der Waals surface area contributed by atoms with Gasteiger partial charge in [-0.25, -0.2) is 4.98 Å². The molecule has 1 aromatic rings. The van der Waals surface area contributed by atoms with E-state index in [2.05, 4.69) is 11.8 Å². The van der Waals surface area contributed by atoms with Gasteiger partial charge in [0, 0.05) is 19.0 Å². The van der Waals surface area contributed by atoms with Crippen molar-refractivity contribution in [1.82, 2.24) is 4.98 Å². The second-order valence-corrected chi connectivity index (χ2v) is 7.02. The van der Waals surface area contributed by atoms with E-state index in [1.165, 1.54) is 44.2 Å². The first-order chi connectivity index (χ1) is 9.31. The summed E-state index contributed by atoms with van der Waals surface area (Å²) in [6.45, 7) is 4.73. The van der Waals surface area contributed by atoms with Crippen molar-refractivity contribution < 1.29 is 5.11 Å². The molecular weight excluding hydrogens is 256 g/mol. The summed E-state index contributed by atoms with van der Waals surface area (Å²) < 4.78 is 0. The topological polar surface area (TPSA) is 36.4 Å². The monoisotopic (exact) mass is 280 g/mol. The second-order valence-electron chi connectivity index (χ2n) is 5.96. The van der Waals surface area contributed by atoms with Crippen LogP contribution in [0.4, 0.5) is 5.13 Å². The zero-order valence-electron chi connectivity index (χ0n) is 11.8. The van der Waals surface area contributed by atoms with Crippen molar-refractivity contribution in [3.8, 4) is 0 Å². The molecule has 1 aromatic heterocycles. The molecule has 2 heterocycles. The minimum Gasteiger partial charge on any atom is -0.391 e. The Balaban J connectivity index is 1.66. The van der Waals surface area contributed by atoms with Gasteiger partial charge in [0.2, 0.25) is 0 Å². The van der Waals surface area contributed by atoms with Crippen LogP contribution < -0.4 is 4.90 Å². The number of thiazole rings is 1. The molecule has 0 spiro atoms. The van der Waals surface area contributed by atoms with Crippen molar-refractivity contribution in [2.75, 3.05) is 18.0 Å². The van der Waals surface area contributed by atoms with Crippen molar-refractivity contribution in [3.05, 3.63) is 10.6 Å². The summed E-state index contributed by atoms with van der Waals surface area (Å²) >= 11 is 1.71. The van der Waals surface area contributed by atoms with E-state index in [9.17, 15) is 5.11 Å². The second kappa shape index (κ2) is 5.80. The van der Waals surface area contributed by atoms with E-state index in [1.54, 1.807) is 11.3 Å². The molecule has 0 bridgehead atoms. The normalized spacial score (nSPS) is 21.1. The molecule has 1 saturated heterocycles. The minimum atomic E-state index is 0.162. The van der Waals surface area contributed by atoms with Crippen LogP contribution in [0.5, 0.6) is 0 Å². The summed E-state index contributed by atoms with van der Waals surface area (Å²) in [5.74, 6) is 1.56. The lowest BCUT2D eigenvalue weighted by atomic mass is 9.93. The standard InChI is InChI=1S/C15H24N2OS/c1-2-3-11-6-8-17(9-7-11)15-16-14(12-4-5-12)13(10-18)19-15/h11-12,18H,2-10H2,1H3. The molecule has 0 unspecified atom stereocenters. The van der Waals surface area contributed by atoms with Gasteiger partial charge in [-0.1, -0.05) is 31.1 Å². The summed E-state index contributed by atoms with van der Waals surface area (Å²) in [6, 6.07) is 0. The van der Waals surface area contributed by atoms with Crippen LogP contribution in [-0.4, -0.2) is 23.2 Å². The van der Waals surface area contributed by atoms with Crippen LogP contribution in [0, 0.1) is 5.92 Å². The predicted molar refractivity (Wildman–Crippen MR) is 79.9 cm³/mol. The number of hydrogen-bond donors (Lipinski definition) is 1. The van der Waals surface area contributed by atoms with Gasteiger partial charge in [-0.15, -0.1) is 0 Å². The molecule has 2 aliphatic rings. The molecule has 1 N–H and O–H groups in total. The molecule has 4 heteroatoms. The molecule has 1 aliphatic carbocycles. The lowest BCUT2D eigenvalue weighted by molar-refractivity contribution is 0.284. The number of anilines is 1. The fourth-order valence-corrected chi connectivity index (χ4v) is 4.15. The summed E-state index contributed by atoms with van der Waals surface area (Å²) in [4.78, 5) is 8.36. The van der Waals surface area contributed by atoms with Gasteiger partial charge in [0.15, 0.2) is 5.13 Å². The summed E-state index contributed by atoms with van der Waals surface area (Å²) in [5, 5.41) is 10.6. The highest BCUT2D eigenvalue weighted by Crippen LogP contribution is 2.44. The number of aromatic nitrogens is 1. The fourth-order valence-electron chi connectivity index (χ4n) is 3.10. The maximum atomic E-state index is 9.47. The van der Waals surface area contributed by atoms with Crippen molar-refractivity contribution >= 4 is 16.5 Å². The lowest BCUT2D eigenvalue weighted by Crippen LogP contribution is -2.33. The number of hydrogen-bond acceptors (Lipinski definition) is 4. The van der Waals surface area contributed by atoms with Crippen LogP contribution in [-0.2, 0) is 6.61 Å². The van der Waals surface area contributed by atoms with Crippen LogP contribution in [0.2, 0.25) is 0 Å². The van der Waals surface area contributed by atoms with E-state index in [0.717, 1.165) is 29.0 Å². The zero-order valence-corrected chi connectivity index (χ0v) is 12.6. The van der Waals surface area contributed by atoms with Gasteiger partial charge in [0.25, 0.3) is 0 Å². The van der Waals surface area contributed by atoms with Crippen molar-refractivity contribution in [1.29, 1.82) is 0 Å². The Labute approximate surface area is 119 Å². The molecule has 106 valence electrons. The summed E-state index contributed by atoms with van der Waals surface area (Å²) in [6.07, 6.45) is 7.81. The molecule has 0 aromatic carbocycles. The third-order valence-corrected chi connectivity index (χ3v) is 5.52. The molecule has 0 atom stereocenters. The molecule has 19 heavy (non-hydrogen) atoms. The molecule has 1 aliphatic heterocycles. The molecule has 0 radical (unpaired) electrons. The van der Waals surface area contributed by atoms with E-state index in [1.807, 2.05) is 0 Å². The number of aliphatic hydroxyl groups is 1. The fraction of sp³-hybridized carbons (Fsp3) is 0.800. The summed E-state index contributed by atoms with van der Waals surface area (Å²) in [5.41, 5.74) is 1.19. The molecule has 0 amide bonds. The third-order valence-electron chi connectivity index (χ3n) is 4.41. The third kappa shape index (κ3) is 2.95. The van der Waals surface area contributed by atoms with Gasteiger partial charge in [-0.3, -0.25) is 0 Å². The Kier molecular flexibility index (Phi) is 4.08. The quantitative estimate of drug-likeness (QED) is 0.896. The van der Waals surface area contributed by atoms with Gasteiger partial charge in [0.1, 0.15) is 0 Å². The average molecular weight is 280 g/mol. The molecule has 3 rings (SSSR count). The molecule has 1 saturated carbocycles. The first-order valence-electron chi connectivity index (χ1n) is 7.67. The van der Waals surface area contributed by atoms with Crippen molar-refractivity contribution in [2.45, 2.75) is 58.0 Å². The van der Waals surface area contributed by atoms with Gasteiger partial charge >= 0.3 is 0 Å². The molecule has 2 fully saturated rings. The predicted octanol–water partition coefficient (Wildman–Crippen LogP) is 3.53. The van der Waals surface area contributed by atoms with Crippen molar-refractivity contribution in [2.24, 2.45) is 5.92 Å². The van der Waals surface area contributed by atoms with Gasteiger partial charge < -0.3 is 10.0 Å². The van der Waals surface area contributed by atoms with Gasteiger partial charge in [-0.2, -0.15) is 0 Å². The zero-order chi connectivity index (χ0) is 13.2. The highest BCUT2D eigenvalue weighted by molar-refractivity contribution is 7.15. The summed E-state index contributed by atoms with van der Waals surface area (Å²) in [7, 11) is 0. The van der Waals surface area contributed by atoms with Crippen LogP contribution in [0.15, 0.2) is 0 Å². The number of rotatable bonds is 5. The van der Waals surface area contributed by atoms with Crippen molar-refractivity contribution in [3.63, 3.8) is 0 Å². The van der Waals surface area contributed by atoms with E-state index in [4.69, 9.17) is 4.98 Å². The molecule has 3 nitrogen and oxygen atoms in total. The Morgan fingerprint density at radius 2 is 2.00 bits per heavy atom. The maximum Gasteiger partial charge on any atom is 0.185 e. The van der Waals surface area contributed by atoms with E-state index in [0.29, 0.717) is 5.92 Å². The minimum absolute atomic E-state index is 0.162.